The quantitative estimate of drug-likeness (QED) is 0.366. The number of ether oxygens (including phenoxy) is 1. The van der Waals surface area contributed by atoms with E-state index in [1.165, 1.54) is 0 Å². The number of carbonyl (C=O) groups is 1. The molecule has 0 aliphatic rings. The summed E-state index contributed by atoms with van der Waals surface area (Å²) >= 11 is 11.2. The second-order valence-electron chi connectivity index (χ2n) is 2.97. The Morgan fingerprint density at radius 1 is 1.59 bits per heavy atom. The van der Waals surface area contributed by atoms with Gasteiger partial charge in [-0.2, -0.15) is 0 Å². The van der Waals surface area contributed by atoms with Crippen molar-refractivity contribution in [2.45, 2.75) is 13.3 Å². The fourth-order valence-corrected chi connectivity index (χ4v) is 1.43. The second-order valence-corrected chi connectivity index (χ2v) is 3.73. The van der Waals surface area contributed by atoms with Crippen LogP contribution in [0.5, 0.6) is 0 Å². The molecule has 1 rings (SSSR count). The minimum absolute atomic E-state index is 0.0361. The van der Waals surface area contributed by atoms with Crippen LogP contribution >= 0.6 is 23.2 Å². The Bertz CT molecular complexity index is 465. The molecule has 8 heteroatoms. The topological polar surface area (TPSA) is 82.3 Å². The van der Waals surface area contributed by atoms with Gasteiger partial charge in [-0.1, -0.05) is 23.2 Å². The van der Waals surface area contributed by atoms with Gasteiger partial charge in [0.1, 0.15) is 10.8 Å². The highest BCUT2D eigenvalue weighted by Crippen LogP contribution is 2.27. The Hall–Kier alpha value is -1.40. The molecule has 1 aromatic heterocycles. The Kier molecular flexibility index (Phi) is 4.65. The minimum atomic E-state index is -0.677. The lowest BCUT2D eigenvalue weighted by atomic mass is 10.2. The summed E-state index contributed by atoms with van der Waals surface area (Å²) in [6.07, 6.45) is -0.318. The Morgan fingerprint density at radius 3 is 2.76 bits per heavy atom. The molecule has 0 saturated heterocycles. The van der Waals surface area contributed by atoms with Crippen LogP contribution in [0.3, 0.4) is 0 Å². The molecule has 0 unspecified atom stereocenters. The fraction of sp³-hybridized carbons (Fsp3) is 0.333. The summed E-state index contributed by atoms with van der Waals surface area (Å²) < 4.78 is 4.67. The zero-order chi connectivity index (χ0) is 13.0. The van der Waals surface area contributed by atoms with E-state index in [2.05, 4.69) is 9.72 Å². The molecular formula is C9H8Cl2N2O4. The zero-order valence-electron chi connectivity index (χ0n) is 8.77. The Balaban J connectivity index is 3.08. The van der Waals surface area contributed by atoms with Crippen LogP contribution in [0.2, 0.25) is 10.2 Å². The molecule has 1 aromatic rings. The van der Waals surface area contributed by atoms with Crippen molar-refractivity contribution in [1.82, 2.24) is 4.98 Å². The number of rotatable bonds is 4. The molecule has 17 heavy (non-hydrogen) atoms. The van der Waals surface area contributed by atoms with Gasteiger partial charge in [-0.25, -0.2) is 4.98 Å². The molecule has 0 aliphatic carbocycles. The highest BCUT2D eigenvalue weighted by atomic mass is 35.5. The monoisotopic (exact) mass is 278 g/mol. The van der Waals surface area contributed by atoms with Crippen molar-refractivity contribution in [2.24, 2.45) is 0 Å². The van der Waals surface area contributed by atoms with Gasteiger partial charge in [0.2, 0.25) is 0 Å². The maximum atomic E-state index is 11.2. The molecule has 0 bridgehead atoms. The molecule has 0 N–H and O–H groups in total. The number of halogens is 2. The van der Waals surface area contributed by atoms with E-state index >= 15 is 0 Å². The minimum Gasteiger partial charge on any atom is -0.466 e. The van der Waals surface area contributed by atoms with Crippen LogP contribution in [0, 0.1) is 10.1 Å². The van der Waals surface area contributed by atoms with Crippen molar-refractivity contribution in [3.05, 3.63) is 32.1 Å². The zero-order valence-corrected chi connectivity index (χ0v) is 10.3. The van der Waals surface area contributed by atoms with E-state index in [1.54, 1.807) is 6.92 Å². The SMILES string of the molecule is CCOC(=O)Cc1nc(Cl)c(Cl)cc1[N+](=O)[O-]. The van der Waals surface area contributed by atoms with Crippen LogP contribution in [-0.4, -0.2) is 22.5 Å². The van der Waals surface area contributed by atoms with Gasteiger partial charge in [0.25, 0.3) is 5.69 Å². The third kappa shape index (κ3) is 3.54. The first-order chi connectivity index (χ1) is 7.95. The maximum Gasteiger partial charge on any atom is 0.312 e. The molecule has 0 saturated carbocycles. The second kappa shape index (κ2) is 5.79. The molecule has 0 amide bonds. The normalized spacial score (nSPS) is 10.1. The summed E-state index contributed by atoms with van der Waals surface area (Å²) in [5, 5.41) is 10.6. The molecule has 1 heterocycles. The molecule has 0 fully saturated rings. The first-order valence-electron chi connectivity index (χ1n) is 4.60. The largest absolute Gasteiger partial charge is 0.466 e. The van der Waals surface area contributed by atoms with Gasteiger partial charge >= 0.3 is 5.97 Å². The summed E-state index contributed by atoms with van der Waals surface area (Å²) in [7, 11) is 0. The van der Waals surface area contributed by atoms with Crippen LogP contribution in [0.25, 0.3) is 0 Å². The van der Waals surface area contributed by atoms with Gasteiger partial charge in [-0.3, -0.25) is 14.9 Å². The summed E-state index contributed by atoms with van der Waals surface area (Å²) in [5.41, 5.74) is -0.421. The molecular weight excluding hydrogens is 271 g/mol. The highest BCUT2D eigenvalue weighted by Gasteiger charge is 2.21. The number of hydrogen-bond donors (Lipinski definition) is 0. The lowest BCUT2D eigenvalue weighted by Crippen LogP contribution is -2.11. The first-order valence-corrected chi connectivity index (χ1v) is 5.36. The molecule has 6 nitrogen and oxygen atoms in total. The predicted octanol–water partition coefficient (Wildman–Crippen LogP) is 2.40. The number of aromatic nitrogens is 1. The van der Waals surface area contributed by atoms with Crippen LogP contribution in [-0.2, 0) is 16.0 Å². The van der Waals surface area contributed by atoms with E-state index in [0.717, 1.165) is 6.07 Å². The lowest BCUT2D eigenvalue weighted by Gasteiger charge is -2.04. The van der Waals surface area contributed by atoms with Crippen molar-refractivity contribution in [2.75, 3.05) is 6.61 Å². The Morgan fingerprint density at radius 2 is 2.24 bits per heavy atom. The summed E-state index contributed by atoms with van der Waals surface area (Å²) in [6.45, 7) is 1.82. The smallest absolute Gasteiger partial charge is 0.312 e. The van der Waals surface area contributed by atoms with Crippen LogP contribution in [0.4, 0.5) is 5.69 Å². The molecule has 0 atom stereocenters. The third-order valence-electron chi connectivity index (χ3n) is 1.80. The molecule has 0 aromatic carbocycles. The van der Waals surface area contributed by atoms with Crippen molar-refractivity contribution in [3.8, 4) is 0 Å². The van der Waals surface area contributed by atoms with Crippen molar-refractivity contribution in [3.63, 3.8) is 0 Å². The third-order valence-corrected chi connectivity index (χ3v) is 2.48. The van der Waals surface area contributed by atoms with Gasteiger partial charge < -0.3 is 4.74 Å². The van der Waals surface area contributed by atoms with Gasteiger partial charge in [0, 0.05) is 6.07 Å². The summed E-state index contributed by atoms with van der Waals surface area (Å²) in [4.78, 5) is 25.0. The van der Waals surface area contributed by atoms with Crippen LogP contribution in [0.15, 0.2) is 6.07 Å². The van der Waals surface area contributed by atoms with Crippen LogP contribution < -0.4 is 0 Å². The summed E-state index contributed by atoms with van der Waals surface area (Å²) in [6, 6.07) is 1.06. The van der Waals surface area contributed by atoms with Gasteiger partial charge in [-0.15, -0.1) is 0 Å². The number of pyridine rings is 1. The fourth-order valence-electron chi connectivity index (χ4n) is 1.13. The number of esters is 1. The van der Waals surface area contributed by atoms with E-state index < -0.39 is 10.9 Å². The first kappa shape index (κ1) is 13.7. The van der Waals surface area contributed by atoms with E-state index in [-0.39, 0.29) is 34.6 Å². The molecule has 92 valence electrons. The number of nitro groups is 1. The van der Waals surface area contributed by atoms with Gasteiger partial charge in [0.05, 0.1) is 23.0 Å². The summed E-state index contributed by atoms with van der Waals surface area (Å²) in [5.74, 6) is -0.610. The van der Waals surface area contributed by atoms with Gasteiger partial charge in [0.15, 0.2) is 0 Å². The molecule has 0 aliphatic heterocycles. The van der Waals surface area contributed by atoms with Crippen molar-refractivity contribution in [1.29, 1.82) is 0 Å². The average molecular weight is 279 g/mol. The number of carbonyl (C=O) groups excluding carboxylic acids is 1. The Labute approximate surface area is 107 Å². The van der Waals surface area contributed by atoms with E-state index in [4.69, 9.17) is 23.2 Å². The highest BCUT2D eigenvalue weighted by molar-refractivity contribution is 6.41. The standard InChI is InChI=1S/C9H8Cl2N2O4/c1-2-17-8(14)4-6-7(13(15)16)3-5(10)9(11)12-6/h3H,2,4H2,1H3. The van der Waals surface area contributed by atoms with E-state index in [0.29, 0.717) is 0 Å². The average Bonchev–Trinajstić information content (AvgIpc) is 2.23. The lowest BCUT2D eigenvalue weighted by molar-refractivity contribution is -0.385. The number of hydrogen-bond acceptors (Lipinski definition) is 5. The maximum absolute atomic E-state index is 11.2. The van der Waals surface area contributed by atoms with E-state index in [1.807, 2.05) is 0 Å². The van der Waals surface area contributed by atoms with Crippen molar-refractivity contribution < 1.29 is 14.5 Å². The van der Waals surface area contributed by atoms with Crippen molar-refractivity contribution >= 4 is 34.9 Å². The molecule has 0 radical (unpaired) electrons. The van der Waals surface area contributed by atoms with Crippen LogP contribution in [0.1, 0.15) is 12.6 Å². The van der Waals surface area contributed by atoms with E-state index in [9.17, 15) is 14.9 Å². The van der Waals surface area contributed by atoms with Gasteiger partial charge in [-0.05, 0) is 6.92 Å². The number of nitrogens with zero attached hydrogens (tertiary/aromatic N) is 2. The molecule has 0 spiro atoms. The predicted molar refractivity (Wildman–Crippen MR) is 61.2 cm³/mol.